The Kier molecular flexibility index (Phi) is 5.04. The molecular formula is C19H21N7O. The van der Waals surface area contributed by atoms with Crippen LogP contribution >= 0.6 is 0 Å². The number of hydrogen-bond donors (Lipinski definition) is 1. The largest absolute Gasteiger partial charge is 0.352 e. The van der Waals surface area contributed by atoms with Crippen molar-refractivity contribution < 1.29 is 4.79 Å². The fourth-order valence-corrected chi connectivity index (χ4v) is 3.37. The summed E-state index contributed by atoms with van der Waals surface area (Å²) in [6.45, 7) is 2.33. The van der Waals surface area contributed by atoms with Crippen molar-refractivity contribution in [2.45, 2.75) is 12.8 Å². The topological polar surface area (TPSA) is 88.8 Å². The Morgan fingerprint density at radius 1 is 1.19 bits per heavy atom. The number of nitrogens with zero attached hydrogens (tertiary/aromatic N) is 6. The van der Waals surface area contributed by atoms with Gasteiger partial charge in [-0.25, -0.2) is 0 Å². The summed E-state index contributed by atoms with van der Waals surface area (Å²) in [5, 5.41) is 15.2. The summed E-state index contributed by atoms with van der Waals surface area (Å²) < 4.78 is 1.76. The SMILES string of the molecule is O=C(NC[C@H]1CCCN(c2nnnn2-c2ccccc2)C1)c1cccnc1. The zero-order valence-electron chi connectivity index (χ0n) is 14.9. The Morgan fingerprint density at radius 3 is 2.89 bits per heavy atom. The van der Waals surface area contributed by atoms with Crippen LogP contribution in [0.3, 0.4) is 0 Å². The molecule has 8 nitrogen and oxygen atoms in total. The molecule has 1 aromatic carbocycles. The highest BCUT2D eigenvalue weighted by Crippen LogP contribution is 2.22. The normalized spacial score (nSPS) is 16.9. The van der Waals surface area contributed by atoms with Crippen molar-refractivity contribution in [3.05, 3.63) is 60.4 Å². The number of carbonyl (C=O) groups excluding carboxylic acids is 1. The Morgan fingerprint density at radius 2 is 2.07 bits per heavy atom. The number of carbonyl (C=O) groups is 1. The molecule has 3 aromatic rings. The van der Waals surface area contributed by atoms with Gasteiger partial charge in [0.2, 0.25) is 5.95 Å². The molecule has 8 heteroatoms. The lowest BCUT2D eigenvalue weighted by molar-refractivity contribution is 0.0945. The molecule has 0 saturated carbocycles. The minimum atomic E-state index is -0.0886. The Bertz CT molecular complexity index is 881. The van der Waals surface area contributed by atoms with Gasteiger partial charge in [0.25, 0.3) is 5.91 Å². The molecule has 1 amide bonds. The van der Waals surface area contributed by atoms with E-state index in [9.17, 15) is 4.79 Å². The van der Waals surface area contributed by atoms with E-state index in [4.69, 9.17) is 0 Å². The molecule has 1 N–H and O–H groups in total. The summed E-state index contributed by atoms with van der Waals surface area (Å²) in [7, 11) is 0. The fraction of sp³-hybridized carbons (Fsp3) is 0.316. The van der Waals surface area contributed by atoms with Crippen LogP contribution in [-0.4, -0.2) is 50.7 Å². The average Bonchev–Trinajstić information content (AvgIpc) is 3.23. The zero-order valence-corrected chi connectivity index (χ0v) is 14.9. The highest BCUT2D eigenvalue weighted by Gasteiger charge is 2.25. The third-order valence-corrected chi connectivity index (χ3v) is 4.73. The molecule has 0 aliphatic carbocycles. The first kappa shape index (κ1) is 17.1. The fourth-order valence-electron chi connectivity index (χ4n) is 3.37. The third kappa shape index (κ3) is 3.94. The number of rotatable bonds is 5. The van der Waals surface area contributed by atoms with Gasteiger partial charge < -0.3 is 10.2 Å². The molecule has 0 spiro atoms. The second-order valence-corrected chi connectivity index (χ2v) is 6.63. The molecule has 1 fully saturated rings. The Labute approximate surface area is 157 Å². The van der Waals surface area contributed by atoms with Gasteiger partial charge in [-0.1, -0.05) is 23.3 Å². The Hall–Kier alpha value is -3.29. The standard InChI is InChI=1S/C19H21N7O/c27-18(16-7-4-10-20-13-16)21-12-15-6-5-11-25(14-15)19-22-23-24-26(19)17-8-2-1-3-9-17/h1-4,7-10,13,15H,5-6,11-12,14H2,(H,21,27)/t15-/m1/s1. The van der Waals surface area contributed by atoms with Crippen LogP contribution in [0.5, 0.6) is 0 Å². The summed E-state index contributed by atoms with van der Waals surface area (Å²) in [4.78, 5) is 18.4. The van der Waals surface area contributed by atoms with Crippen LogP contribution in [0.4, 0.5) is 5.95 Å². The van der Waals surface area contributed by atoms with Crippen molar-refractivity contribution >= 4 is 11.9 Å². The minimum Gasteiger partial charge on any atom is -0.352 e. The van der Waals surface area contributed by atoms with Gasteiger partial charge in [-0.3, -0.25) is 9.78 Å². The van der Waals surface area contributed by atoms with Crippen molar-refractivity contribution in [1.29, 1.82) is 0 Å². The van der Waals surface area contributed by atoms with Crippen molar-refractivity contribution in [2.75, 3.05) is 24.5 Å². The average molecular weight is 363 g/mol. The van der Waals surface area contributed by atoms with E-state index in [2.05, 4.69) is 30.7 Å². The monoisotopic (exact) mass is 363 g/mol. The molecule has 1 aliphatic rings. The maximum absolute atomic E-state index is 12.2. The number of anilines is 1. The van der Waals surface area contributed by atoms with Crippen LogP contribution in [0.2, 0.25) is 0 Å². The molecule has 4 rings (SSSR count). The summed E-state index contributed by atoms with van der Waals surface area (Å²) in [6, 6.07) is 13.4. The number of hydrogen-bond acceptors (Lipinski definition) is 6. The van der Waals surface area contributed by atoms with Gasteiger partial charge in [-0.05, 0) is 53.5 Å². The second kappa shape index (κ2) is 7.94. The highest BCUT2D eigenvalue weighted by molar-refractivity contribution is 5.93. The summed E-state index contributed by atoms with van der Waals surface area (Å²) in [5.74, 6) is 0.999. The molecule has 3 heterocycles. The van der Waals surface area contributed by atoms with E-state index >= 15 is 0 Å². The maximum atomic E-state index is 12.2. The molecule has 2 aromatic heterocycles. The summed E-state index contributed by atoms with van der Waals surface area (Å²) >= 11 is 0. The van der Waals surface area contributed by atoms with Gasteiger partial charge in [-0.15, -0.1) is 0 Å². The number of nitrogens with one attached hydrogen (secondary N) is 1. The van der Waals surface area contributed by atoms with Crippen LogP contribution in [-0.2, 0) is 0 Å². The minimum absolute atomic E-state index is 0.0886. The molecule has 0 radical (unpaired) electrons. The van der Waals surface area contributed by atoms with Crippen LogP contribution in [0.15, 0.2) is 54.9 Å². The van der Waals surface area contributed by atoms with Gasteiger partial charge in [0.15, 0.2) is 0 Å². The van der Waals surface area contributed by atoms with E-state index in [1.165, 1.54) is 0 Å². The van der Waals surface area contributed by atoms with E-state index in [0.717, 1.165) is 37.6 Å². The second-order valence-electron chi connectivity index (χ2n) is 6.63. The number of benzene rings is 1. The van der Waals surface area contributed by atoms with E-state index in [1.54, 1.807) is 29.2 Å². The predicted octanol–water partition coefficient (Wildman–Crippen LogP) is 1.70. The van der Waals surface area contributed by atoms with Gasteiger partial charge in [0, 0.05) is 32.0 Å². The molecule has 0 bridgehead atoms. The third-order valence-electron chi connectivity index (χ3n) is 4.73. The highest BCUT2D eigenvalue weighted by atomic mass is 16.1. The van der Waals surface area contributed by atoms with Crippen LogP contribution in [0, 0.1) is 5.92 Å². The van der Waals surface area contributed by atoms with Gasteiger partial charge in [-0.2, -0.15) is 4.68 Å². The number of tetrazole rings is 1. The van der Waals surface area contributed by atoms with Crippen molar-refractivity contribution in [3.63, 3.8) is 0 Å². The van der Waals surface area contributed by atoms with Crippen LogP contribution in [0.25, 0.3) is 5.69 Å². The molecule has 1 aliphatic heterocycles. The molecule has 138 valence electrons. The predicted molar refractivity (Wildman–Crippen MR) is 101 cm³/mol. The molecule has 1 atom stereocenters. The van der Waals surface area contributed by atoms with Gasteiger partial charge in [0.1, 0.15) is 0 Å². The van der Waals surface area contributed by atoms with E-state index in [-0.39, 0.29) is 5.91 Å². The first-order chi connectivity index (χ1) is 13.3. The maximum Gasteiger partial charge on any atom is 0.252 e. The number of para-hydroxylation sites is 1. The quantitative estimate of drug-likeness (QED) is 0.742. The van der Waals surface area contributed by atoms with E-state index in [1.807, 2.05) is 30.3 Å². The summed E-state index contributed by atoms with van der Waals surface area (Å²) in [5.41, 5.74) is 1.52. The van der Waals surface area contributed by atoms with Crippen molar-refractivity contribution in [2.24, 2.45) is 5.92 Å². The van der Waals surface area contributed by atoms with Crippen molar-refractivity contribution in [3.8, 4) is 5.69 Å². The molecule has 1 saturated heterocycles. The van der Waals surface area contributed by atoms with E-state index < -0.39 is 0 Å². The lowest BCUT2D eigenvalue weighted by Gasteiger charge is -2.33. The Balaban J connectivity index is 1.41. The van der Waals surface area contributed by atoms with Crippen molar-refractivity contribution in [1.82, 2.24) is 30.5 Å². The lowest BCUT2D eigenvalue weighted by Crippen LogP contribution is -2.42. The van der Waals surface area contributed by atoms with Crippen LogP contribution < -0.4 is 10.2 Å². The number of pyridine rings is 1. The first-order valence-corrected chi connectivity index (χ1v) is 9.08. The zero-order chi connectivity index (χ0) is 18.5. The van der Waals surface area contributed by atoms with Crippen LogP contribution in [0.1, 0.15) is 23.2 Å². The number of piperidine rings is 1. The van der Waals surface area contributed by atoms with E-state index in [0.29, 0.717) is 18.0 Å². The smallest absolute Gasteiger partial charge is 0.252 e. The number of aromatic nitrogens is 5. The molecular weight excluding hydrogens is 342 g/mol. The molecule has 0 unspecified atom stereocenters. The first-order valence-electron chi connectivity index (χ1n) is 9.08. The molecule has 27 heavy (non-hydrogen) atoms. The number of amides is 1. The van der Waals surface area contributed by atoms with Gasteiger partial charge >= 0.3 is 0 Å². The lowest BCUT2D eigenvalue weighted by atomic mass is 9.98. The summed E-state index contributed by atoms with van der Waals surface area (Å²) in [6.07, 6.45) is 5.34. The van der Waals surface area contributed by atoms with Gasteiger partial charge in [0.05, 0.1) is 11.3 Å².